The number of nitrogens with two attached hydrogens (primary N) is 2. The predicted octanol–water partition coefficient (Wildman–Crippen LogP) is 1.97. The standard InChI is InChI=1S/C14H19N3O/c15-11-4-3-10(14(16)18)7-13(11)17-12-6-8-1-2-9(12)5-8/h3-4,7-9,12,17H,1-2,5-6,15H2,(H2,16,18). The minimum Gasteiger partial charge on any atom is -0.397 e. The van der Waals surface area contributed by atoms with Crippen molar-refractivity contribution in [1.82, 2.24) is 0 Å². The predicted molar refractivity (Wildman–Crippen MR) is 72.2 cm³/mol. The van der Waals surface area contributed by atoms with E-state index in [4.69, 9.17) is 11.5 Å². The molecule has 2 saturated carbocycles. The number of hydrogen-bond acceptors (Lipinski definition) is 3. The van der Waals surface area contributed by atoms with Crippen LogP contribution in [0.25, 0.3) is 0 Å². The van der Waals surface area contributed by atoms with E-state index >= 15 is 0 Å². The maximum absolute atomic E-state index is 11.2. The summed E-state index contributed by atoms with van der Waals surface area (Å²) in [5.41, 5.74) is 13.3. The van der Waals surface area contributed by atoms with Gasteiger partial charge in [0.2, 0.25) is 5.91 Å². The Balaban J connectivity index is 1.79. The van der Waals surface area contributed by atoms with Gasteiger partial charge in [0.15, 0.2) is 0 Å². The molecule has 2 aliphatic carbocycles. The number of amides is 1. The normalized spacial score (nSPS) is 29.4. The largest absolute Gasteiger partial charge is 0.397 e. The first-order chi connectivity index (χ1) is 8.63. The first kappa shape index (κ1) is 11.4. The molecule has 5 N–H and O–H groups in total. The third-order valence-electron chi connectivity index (χ3n) is 4.42. The smallest absolute Gasteiger partial charge is 0.248 e. The topological polar surface area (TPSA) is 81.1 Å². The van der Waals surface area contributed by atoms with Crippen LogP contribution in [-0.4, -0.2) is 11.9 Å². The summed E-state index contributed by atoms with van der Waals surface area (Å²) >= 11 is 0. The Morgan fingerprint density at radius 3 is 2.72 bits per heavy atom. The average molecular weight is 245 g/mol. The van der Waals surface area contributed by atoms with Gasteiger partial charge in [-0.25, -0.2) is 0 Å². The van der Waals surface area contributed by atoms with E-state index in [1.165, 1.54) is 25.7 Å². The number of fused-ring (bicyclic) bond motifs is 2. The second kappa shape index (κ2) is 4.19. The fourth-order valence-electron chi connectivity index (χ4n) is 3.46. The first-order valence-electron chi connectivity index (χ1n) is 6.59. The molecular weight excluding hydrogens is 226 g/mol. The molecule has 1 aromatic carbocycles. The van der Waals surface area contributed by atoms with Gasteiger partial charge in [-0.3, -0.25) is 4.79 Å². The van der Waals surface area contributed by atoms with Gasteiger partial charge in [0.25, 0.3) is 0 Å². The van der Waals surface area contributed by atoms with Gasteiger partial charge < -0.3 is 16.8 Å². The van der Waals surface area contributed by atoms with E-state index < -0.39 is 5.91 Å². The van der Waals surface area contributed by atoms with Crippen LogP contribution in [0.3, 0.4) is 0 Å². The Morgan fingerprint density at radius 1 is 1.28 bits per heavy atom. The van der Waals surface area contributed by atoms with Gasteiger partial charge in [0.1, 0.15) is 0 Å². The molecule has 0 radical (unpaired) electrons. The molecule has 2 aliphatic rings. The van der Waals surface area contributed by atoms with Crippen molar-refractivity contribution < 1.29 is 4.79 Å². The van der Waals surface area contributed by atoms with E-state index in [-0.39, 0.29) is 0 Å². The lowest BCUT2D eigenvalue weighted by molar-refractivity contribution is 0.100. The van der Waals surface area contributed by atoms with Crippen molar-refractivity contribution in [2.45, 2.75) is 31.7 Å². The molecule has 4 nitrogen and oxygen atoms in total. The summed E-state index contributed by atoms with van der Waals surface area (Å²) in [6, 6.07) is 5.69. The molecule has 3 unspecified atom stereocenters. The van der Waals surface area contributed by atoms with Crippen molar-refractivity contribution in [2.24, 2.45) is 17.6 Å². The molecular formula is C14H19N3O. The monoisotopic (exact) mass is 245 g/mol. The molecule has 96 valence electrons. The fraction of sp³-hybridized carbons (Fsp3) is 0.500. The zero-order valence-electron chi connectivity index (χ0n) is 10.4. The number of rotatable bonds is 3. The van der Waals surface area contributed by atoms with Crippen LogP contribution in [0, 0.1) is 11.8 Å². The number of carbonyl (C=O) groups is 1. The second-order valence-corrected chi connectivity index (χ2v) is 5.59. The number of anilines is 2. The van der Waals surface area contributed by atoms with Gasteiger partial charge in [0, 0.05) is 11.6 Å². The van der Waals surface area contributed by atoms with Crippen LogP contribution in [-0.2, 0) is 0 Å². The van der Waals surface area contributed by atoms with Crippen molar-refractivity contribution in [1.29, 1.82) is 0 Å². The summed E-state index contributed by atoms with van der Waals surface area (Å²) in [6.45, 7) is 0. The van der Waals surface area contributed by atoms with Gasteiger partial charge in [-0.2, -0.15) is 0 Å². The van der Waals surface area contributed by atoms with Gasteiger partial charge in [0.05, 0.1) is 11.4 Å². The highest BCUT2D eigenvalue weighted by atomic mass is 16.1. The number of nitrogen functional groups attached to an aromatic ring is 1. The molecule has 0 aromatic heterocycles. The van der Waals surface area contributed by atoms with Crippen molar-refractivity contribution in [3.05, 3.63) is 23.8 Å². The van der Waals surface area contributed by atoms with E-state index in [1.807, 2.05) is 0 Å². The Morgan fingerprint density at radius 2 is 2.11 bits per heavy atom. The van der Waals surface area contributed by atoms with Crippen molar-refractivity contribution in [2.75, 3.05) is 11.1 Å². The summed E-state index contributed by atoms with van der Waals surface area (Å²) < 4.78 is 0. The lowest BCUT2D eigenvalue weighted by atomic mass is 9.95. The first-order valence-corrected chi connectivity index (χ1v) is 6.59. The molecule has 0 spiro atoms. The number of carbonyl (C=O) groups excluding carboxylic acids is 1. The average Bonchev–Trinajstić information content (AvgIpc) is 2.93. The van der Waals surface area contributed by atoms with Crippen LogP contribution < -0.4 is 16.8 Å². The third kappa shape index (κ3) is 1.92. The number of nitrogens with one attached hydrogen (secondary N) is 1. The van der Waals surface area contributed by atoms with Gasteiger partial charge in [-0.15, -0.1) is 0 Å². The van der Waals surface area contributed by atoms with Crippen LogP contribution in [0.15, 0.2) is 18.2 Å². The summed E-state index contributed by atoms with van der Waals surface area (Å²) in [5, 5.41) is 3.50. The maximum Gasteiger partial charge on any atom is 0.248 e. The highest BCUT2D eigenvalue weighted by Gasteiger charge is 2.39. The molecule has 2 bridgehead atoms. The molecule has 3 atom stereocenters. The summed E-state index contributed by atoms with van der Waals surface area (Å²) in [4.78, 5) is 11.2. The van der Waals surface area contributed by atoms with E-state index in [2.05, 4.69) is 5.32 Å². The van der Waals surface area contributed by atoms with Crippen LogP contribution in [0.1, 0.15) is 36.0 Å². The van der Waals surface area contributed by atoms with Crippen molar-refractivity contribution in [3.8, 4) is 0 Å². The summed E-state index contributed by atoms with van der Waals surface area (Å²) in [7, 11) is 0. The van der Waals surface area contributed by atoms with Gasteiger partial charge >= 0.3 is 0 Å². The number of primary amides is 1. The molecule has 4 heteroatoms. The van der Waals surface area contributed by atoms with Crippen LogP contribution in [0.2, 0.25) is 0 Å². The second-order valence-electron chi connectivity index (χ2n) is 5.59. The number of hydrogen-bond donors (Lipinski definition) is 3. The fourth-order valence-corrected chi connectivity index (χ4v) is 3.46. The van der Waals surface area contributed by atoms with E-state index in [1.54, 1.807) is 18.2 Å². The lowest BCUT2D eigenvalue weighted by Crippen LogP contribution is -2.26. The van der Waals surface area contributed by atoms with Gasteiger partial charge in [-0.05, 0) is 49.3 Å². The molecule has 1 aromatic rings. The van der Waals surface area contributed by atoms with E-state index in [9.17, 15) is 4.79 Å². The maximum atomic E-state index is 11.2. The van der Waals surface area contributed by atoms with E-state index in [0.717, 1.165) is 17.5 Å². The molecule has 0 saturated heterocycles. The Labute approximate surface area is 107 Å². The quantitative estimate of drug-likeness (QED) is 0.712. The molecule has 3 rings (SSSR count). The minimum atomic E-state index is -0.411. The molecule has 18 heavy (non-hydrogen) atoms. The molecule has 2 fully saturated rings. The SMILES string of the molecule is NC(=O)c1ccc(N)c(NC2CC3CCC2C3)c1. The highest BCUT2D eigenvalue weighted by Crippen LogP contribution is 2.45. The van der Waals surface area contributed by atoms with Crippen molar-refractivity contribution >= 4 is 17.3 Å². The Hall–Kier alpha value is -1.71. The van der Waals surface area contributed by atoms with E-state index in [0.29, 0.717) is 17.3 Å². The Kier molecular flexibility index (Phi) is 2.65. The van der Waals surface area contributed by atoms with Crippen LogP contribution >= 0.6 is 0 Å². The minimum absolute atomic E-state index is 0.411. The van der Waals surface area contributed by atoms with Gasteiger partial charge in [-0.1, -0.05) is 6.42 Å². The lowest BCUT2D eigenvalue weighted by Gasteiger charge is -2.25. The van der Waals surface area contributed by atoms with Crippen molar-refractivity contribution in [3.63, 3.8) is 0 Å². The number of benzene rings is 1. The third-order valence-corrected chi connectivity index (χ3v) is 4.42. The molecule has 0 aliphatic heterocycles. The zero-order valence-corrected chi connectivity index (χ0v) is 10.4. The van der Waals surface area contributed by atoms with Crippen LogP contribution in [0.4, 0.5) is 11.4 Å². The molecule has 0 heterocycles. The Bertz CT molecular complexity index is 486. The summed E-state index contributed by atoms with van der Waals surface area (Å²) in [5.74, 6) is 1.24. The summed E-state index contributed by atoms with van der Waals surface area (Å²) in [6.07, 6.45) is 5.26. The zero-order chi connectivity index (χ0) is 12.7. The highest BCUT2D eigenvalue weighted by molar-refractivity contribution is 5.94. The van der Waals surface area contributed by atoms with Crippen LogP contribution in [0.5, 0.6) is 0 Å². The molecule has 1 amide bonds.